The Morgan fingerprint density at radius 2 is 2.33 bits per heavy atom. The summed E-state index contributed by atoms with van der Waals surface area (Å²) in [5.74, 6) is 0.595. The molecule has 1 N–H and O–H groups in total. The van der Waals surface area contributed by atoms with E-state index in [0.717, 1.165) is 25.7 Å². The molecule has 1 aromatic rings. The average Bonchev–Trinajstić information content (AvgIpc) is 2.93. The highest BCUT2D eigenvalue weighted by Crippen LogP contribution is 2.33. The van der Waals surface area contributed by atoms with Gasteiger partial charge in [-0.05, 0) is 43.0 Å². The van der Waals surface area contributed by atoms with Crippen LogP contribution in [0.5, 0.6) is 0 Å². The molecule has 0 atom stereocenters. The fourth-order valence-electron chi connectivity index (χ4n) is 2.53. The molecule has 0 aromatic carbocycles. The van der Waals surface area contributed by atoms with Crippen molar-refractivity contribution < 1.29 is 4.79 Å². The van der Waals surface area contributed by atoms with Gasteiger partial charge in [0, 0.05) is 5.38 Å². The molecule has 1 amide bonds. The lowest BCUT2D eigenvalue weighted by Gasteiger charge is -2.35. The van der Waals surface area contributed by atoms with Gasteiger partial charge in [-0.25, -0.2) is 0 Å². The number of amides is 1. The van der Waals surface area contributed by atoms with E-state index in [2.05, 4.69) is 18.3 Å². The number of hydrogen-bond donors (Lipinski definition) is 1. The summed E-state index contributed by atoms with van der Waals surface area (Å²) in [5.41, 5.74) is 0.0114. The predicted octanol–water partition coefficient (Wildman–Crippen LogP) is 3.34. The summed E-state index contributed by atoms with van der Waals surface area (Å²) >= 11 is 1.50. The topological polar surface area (TPSA) is 52.9 Å². The van der Waals surface area contributed by atoms with Gasteiger partial charge in [0.05, 0.1) is 11.6 Å². The minimum atomic E-state index is -0.648. The first-order valence-corrected chi connectivity index (χ1v) is 7.39. The van der Waals surface area contributed by atoms with Crippen molar-refractivity contribution in [1.29, 1.82) is 5.26 Å². The highest BCUT2D eigenvalue weighted by Gasteiger charge is 2.36. The van der Waals surface area contributed by atoms with Crippen LogP contribution in [0.4, 0.5) is 0 Å². The van der Waals surface area contributed by atoms with E-state index in [1.165, 1.54) is 17.8 Å². The third-order valence-electron chi connectivity index (χ3n) is 3.89. The zero-order valence-electron chi connectivity index (χ0n) is 10.6. The summed E-state index contributed by atoms with van der Waals surface area (Å²) in [6.45, 7) is 2.19. The molecule has 0 spiro atoms. The van der Waals surface area contributed by atoms with Gasteiger partial charge in [0.2, 0.25) is 0 Å². The van der Waals surface area contributed by atoms with Crippen LogP contribution in [0.1, 0.15) is 49.4 Å². The summed E-state index contributed by atoms with van der Waals surface area (Å²) in [7, 11) is 0. The van der Waals surface area contributed by atoms with E-state index >= 15 is 0 Å². The molecule has 1 fully saturated rings. The first-order valence-electron chi connectivity index (χ1n) is 6.45. The molecule has 0 aliphatic heterocycles. The minimum absolute atomic E-state index is 0.118. The number of rotatable bonds is 3. The standard InChI is InChI=1S/C14H18N2OS/c1-2-11-3-6-14(10-15,7-4-11)16-13(17)12-5-8-18-9-12/h5,8-9,11H,2-4,6-7H2,1H3,(H,16,17). The van der Waals surface area contributed by atoms with Crippen molar-refractivity contribution in [3.63, 3.8) is 0 Å². The molecule has 1 saturated carbocycles. The lowest BCUT2D eigenvalue weighted by atomic mass is 9.76. The van der Waals surface area contributed by atoms with Crippen molar-refractivity contribution in [2.45, 2.75) is 44.6 Å². The Hall–Kier alpha value is -1.34. The van der Waals surface area contributed by atoms with E-state index in [9.17, 15) is 10.1 Å². The van der Waals surface area contributed by atoms with Crippen LogP contribution in [0.3, 0.4) is 0 Å². The van der Waals surface area contributed by atoms with Crippen LogP contribution in [0.2, 0.25) is 0 Å². The molecule has 1 aromatic heterocycles. The molecule has 0 radical (unpaired) electrons. The molecule has 0 saturated heterocycles. The third kappa shape index (κ3) is 2.73. The smallest absolute Gasteiger partial charge is 0.253 e. The average molecular weight is 262 g/mol. The highest BCUT2D eigenvalue weighted by molar-refractivity contribution is 7.08. The van der Waals surface area contributed by atoms with Gasteiger partial charge in [-0.3, -0.25) is 4.79 Å². The second-order valence-corrected chi connectivity index (χ2v) is 5.79. The minimum Gasteiger partial charge on any atom is -0.334 e. The number of carbonyl (C=O) groups is 1. The predicted molar refractivity (Wildman–Crippen MR) is 72.4 cm³/mol. The van der Waals surface area contributed by atoms with Gasteiger partial charge >= 0.3 is 0 Å². The number of hydrogen-bond acceptors (Lipinski definition) is 3. The van der Waals surface area contributed by atoms with Gasteiger partial charge in [0.25, 0.3) is 5.91 Å². The summed E-state index contributed by atoms with van der Waals surface area (Å²) in [4.78, 5) is 12.0. The maximum absolute atomic E-state index is 12.0. The molecule has 4 heteroatoms. The molecule has 0 unspecified atom stereocenters. The van der Waals surface area contributed by atoms with Crippen LogP contribution in [-0.2, 0) is 0 Å². The SMILES string of the molecule is CCC1CCC(C#N)(NC(=O)c2ccsc2)CC1. The lowest BCUT2D eigenvalue weighted by molar-refractivity contribution is 0.0891. The molecular weight excluding hydrogens is 244 g/mol. The lowest BCUT2D eigenvalue weighted by Crippen LogP contribution is -2.49. The Bertz CT molecular complexity index is 439. The van der Waals surface area contributed by atoms with Crippen molar-refractivity contribution in [3.8, 4) is 6.07 Å². The van der Waals surface area contributed by atoms with Crippen molar-refractivity contribution in [2.24, 2.45) is 5.92 Å². The Morgan fingerprint density at radius 1 is 1.61 bits per heavy atom. The fourth-order valence-corrected chi connectivity index (χ4v) is 3.16. The van der Waals surface area contributed by atoms with Crippen LogP contribution < -0.4 is 5.32 Å². The summed E-state index contributed by atoms with van der Waals surface area (Å²) in [5, 5.41) is 16.0. The Balaban J connectivity index is 2.02. The number of carbonyl (C=O) groups excluding carboxylic acids is 1. The first-order chi connectivity index (χ1) is 8.69. The van der Waals surface area contributed by atoms with E-state index in [4.69, 9.17) is 0 Å². The molecule has 1 aliphatic carbocycles. The Kier molecular flexibility index (Phi) is 4.03. The molecule has 18 heavy (non-hydrogen) atoms. The van der Waals surface area contributed by atoms with Gasteiger partial charge < -0.3 is 5.32 Å². The molecule has 96 valence electrons. The summed E-state index contributed by atoms with van der Waals surface area (Å²) in [6, 6.07) is 4.12. The number of thiophene rings is 1. The summed E-state index contributed by atoms with van der Waals surface area (Å²) in [6.07, 6.45) is 4.79. The van der Waals surface area contributed by atoms with Crippen LogP contribution >= 0.6 is 11.3 Å². The second kappa shape index (κ2) is 5.53. The van der Waals surface area contributed by atoms with Crippen LogP contribution in [0.25, 0.3) is 0 Å². The fraction of sp³-hybridized carbons (Fsp3) is 0.571. The number of nitriles is 1. The third-order valence-corrected chi connectivity index (χ3v) is 4.57. The van der Waals surface area contributed by atoms with Gasteiger partial charge in [0.15, 0.2) is 0 Å². The quantitative estimate of drug-likeness (QED) is 0.908. The van der Waals surface area contributed by atoms with Gasteiger partial charge in [0.1, 0.15) is 5.54 Å². The zero-order chi connectivity index (χ0) is 13.0. The molecule has 3 nitrogen and oxygen atoms in total. The highest BCUT2D eigenvalue weighted by atomic mass is 32.1. The van der Waals surface area contributed by atoms with Crippen LogP contribution in [0.15, 0.2) is 16.8 Å². The molecule has 0 bridgehead atoms. The van der Waals surface area contributed by atoms with Crippen molar-refractivity contribution >= 4 is 17.2 Å². The Morgan fingerprint density at radius 3 is 2.83 bits per heavy atom. The largest absolute Gasteiger partial charge is 0.334 e. The molecule has 1 heterocycles. The van der Waals surface area contributed by atoms with E-state index in [-0.39, 0.29) is 5.91 Å². The molecule has 1 aliphatic rings. The summed E-state index contributed by atoms with van der Waals surface area (Å²) < 4.78 is 0. The maximum atomic E-state index is 12.0. The van der Waals surface area contributed by atoms with Gasteiger partial charge in [-0.15, -0.1) is 0 Å². The molecular formula is C14H18N2OS. The van der Waals surface area contributed by atoms with Crippen LogP contribution in [-0.4, -0.2) is 11.4 Å². The normalized spacial score (nSPS) is 27.4. The molecule has 2 rings (SSSR count). The Labute approximate surface area is 112 Å². The second-order valence-electron chi connectivity index (χ2n) is 5.01. The van der Waals surface area contributed by atoms with Crippen LogP contribution in [0, 0.1) is 17.2 Å². The van der Waals surface area contributed by atoms with E-state index in [1.54, 1.807) is 6.07 Å². The van der Waals surface area contributed by atoms with Gasteiger partial charge in [-0.1, -0.05) is 13.3 Å². The van der Waals surface area contributed by atoms with Gasteiger partial charge in [-0.2, -0.15) is 16.6 Å². The maximum Gasteiger partial charge on any atom is 0.253 e. The zero-order valence-corrected chi connectivity index (χ0v) is 11.4. The van der Waals surface area contributed by atoms with E-state index < -0.39 is 5.54 Å². The number of nitrogens with zero attached hydrogens (tertiary/aromatic N) is 1. The van der Waals surface area contributed by atoms with Crippen molar-refractivity contribution in [1.82, 2.24) is 5.32 Å². The van der Waals surface area contributed by atoms with Crippen molar-refractivity contribution in [3.05, 3.63) is 22.4 Å². The van der Waals surface area contributed by atoms with Crippen molar-refractivity contribution in [2.75, 3.05) is 0 Å². The van der Waals surface area contributed by atoms with E-state index in [1.807, 2.05) is 10.8 Å². The number of nitrogens with one attached hydrogen (secondary N) is 1. The monoisotopic (exact) mass is 262 g/mol. The first kappa shape index (κ1) is 13.1. The van der Waals surface area contributed by atoms with E-state index in [0.29, 0.717) is 11.5 Å².